The summed E-state index contributed by atoms with van der Waals surface area (Å²) in [4.78, 5) is 2.28. The van der Waals surface area contributed by atoms with Gasteiger partial charge in [0.25, 0.3) is 0 Å². The molecule has 4 rings (SSSR count). The SMILES string of the molecule is c1ccc2c(c1)Sc1ccccc1C21N=NCS1. The molecule has 0 N–H and O–H groups in total. The maximum atomic E-state index is 4.58. The van der Waals surface area contributed by atoms with Crippen molar-refractivity contribution in [3.05, 3.63) is 59.7 Å². The second-order valence-corrected chi connectivity index (χ2v) is 6.47. The summed E-state index contributed by atoms with van der Waals surface area (Å²) in [5.74, 6) is 0.743. The Balaban J connectivity index is 2.05. The van der Waals surface area contributed by atoms with Crippen LogP contribution in [0.3, 0.4) is 0 Å². The third-order valence-electron chi connectivity index (χ3n) is 3.27. The van der Waals surface area contributed by atoms with Gasteiger partial charge >= 0.3 is 0 Å². The van der Waals surface area contributed by atoms with Crippen LogP contribution in [0.15, 0.2) is 68.6 Å². The molecule has 0 amide bonds. The summed E-state index contributed by atoms with van der Waals surface area (Å²) in [5, 5.41) is 8.82. The molecule has 0 radical (unpaired) electrons. The highest BCUT2D eigenvalue weighted by atomic mass is 32.2. The molecule has 2 aromatic carbocycles. The van der Waals surface area contributed by atoms with Crippen LogP contribution in [0, 0.1) is 0 Å². The van der Waals surface area contributed by atoms with Gasteiger partial charge in [-0.1, -0.05) is 59.9 Å². The van der Waals surface area contributed by atoms with E-state index in [9.17, 15) is 0 Å². The van der Waals surface area contributed by atoms with Crippen LogP contribution in [-0.2, 0) is 4.87 Å². The van der Waals surface area contributed by atoms with E-state index in [1.165, 1.54) is 20.9 Å². The molecule has 0 unspecified atom stereocenters. The van der Waals surface area contributed by atoms with Gasteiger partial charge in [-0.05, 0) is 12.1 Å². The van der Waals surface area contributed by atoms with E-state index in [1.54, 1.807) is 11.8 Å². The van der Waals surface area contributed by atoms with Gasteiger partial charge in [0.15, 0.2) is 4.87 Å². The third kappa shape index (κ3) is 1.33. The van der Waals surface area contributed by atoms with Crippen LogP contribution < -0.4 is 0 Å². The predicted molar refractivity (Wildman–Crippen MR) is 75.1 cm³/mol. The summed E-state index contributed by atoms with van der Waals surface area (Å²) in [5.41, 5.74) is 2.56. The maximum absolute atomic E-state index is 4.58. The first-order chi connectivity index (χ1) is 8.90. The molecular weight excluding hydrogens is 260 g/mol. The topological polar surface area (TPSA) is 24.7 Å². The highest BCUT2D eigenvalue weighted by Crippen LogP contribution is 2.57. The predicted octanol–water partition coefficient (Wildman–Crippen LogP) is 4.51. The van der Waals surface area contributed by atoms with Crippen LogP contribution in [0.5, 0.6) is 0 Å². The molecular formula is C14H10N2S2. The zero-order valence-electron chi connectivity index (χ0n) is 9.54. The van der Waals surface area contributed by atoms with E-state index in [-0.39, 0.29) is 4.87 Å². The highest BCUT2D eigenvalue weighted by Gasteiger charge is 2.44. The van der Waals surface area contributed by atoms with Crippen LogP contribution in [0.1, 0.15) is 11.1 Å². The van der Waals surface area contributed by atoms with Crippen LogP contribution >= 0.6 is 23.5 Å². The number of nitrogens with zero attached hydrogens (tertiary/aromatic N) is 2. The van der Waals surface area contributed by atoms with Crippen molar-refractivity contribution in [2.45, 2.75) is 14.7 Å². The van der Waals surface area contributed by atoms with Crippen LogP contribution in [-0.4, -0.2) is 5.88 Å². The normalized spacial score (nSPS) is 18.7. The summed E-state index contributed by atoms with van der Waals surface area (Å²) in [6.07, 6.45) is 0. The average Bonchev–Trinajstić information content (AvgIpc) is 2.90. The standard InChI is InChI=1S/C14H10N2S2/c1-3-7-12-10(5-1)14(16-15-9-17-14)11-6-2-4-8-13(11)18-12/h1-8H,9H2. The van der Waals surface area contributed by atoms with Crippen molar-refractivity contribution in [1.29, 1.82) is 0 Å². The summed E-state index contributed by atoms with van der Waals surface area (Å²) in [6.45, 7) is 0. The van der Waals surface area contributed by atoms with Crippen molar-refractivity contribution in [3.63, 3.8) is 0 Å². The number of azo groups is 1. The molecule has 2 aromatic rings. The maximum Gasteiger partial charge on any atom is 0.181 e. The molecule has 0 fully saturated rings. The minimum absolute atomic E-state index is 0.307. The van der Waals surface area contributed by atoms with Gasteiger partial charge in [0.2, 0.25) is 0 Å². The number of rotatable bonds is 0. The van der Waals surface area contributed by atoms with Gasteiger partial charge < -0.3 is 0 Å². The molecule has 2 aliphatic heterocycles. The monoisotopic (exact) mass is 270 g/mol. The van der Waals surface area contributed by atoms with Gasteiger partial charge in [-0.15, -0.1) is 0 Å². The first kappa shape index (κ1) is 10.6. The number of benzene rings is 2. The smallest absolute Gasteiger partial charge is 0.181 e. The fourth-order valence-corrected chi connectivity index (χ4v) is 4.87. The number of hydrogen-bond donors (Lipinski definition) is 0. The van der Waals surface area contributed by atoms with Gasteiger partial charge in [-0.2, -0.15) is 10.2 Å². The fourth-order valence-electron chi connectivity index (χ4n) is 2.48. The van der Waals surface area contributed by atoms with Gasteiger partial charge in [0.1, 0.15) is 5.88 Å². The Kier molecular flexibility index (Phi) is 2.29. The molecule has 0 bridgehead atoms. The highest BCUT2D eigenvalue weighted by molar-refractivity contribution is 8.01. The van der Waals surface area contributed by atoms with Crippen molar-refractivity contribution >= 4 is 23.5 Å². The first-order valence-corrected chi connectivity index (χ1v) is 7.60. The zero-order valence-corrected chi connectivity index (χ0v) is 11.2. The lowest BCUT2D eigenvalue weighted by Gasteiger charge is -2.32. The van der Waals surface area contributed by atoms with E-state index >= 15 is 0 Å². The van der Waals surface area contributed by atoms with Crippen LogP contribution in [0.25, 0.3) is 0 Å². The lowest BCUT2D eigenvalue weighted by Crippen LogP contribution is -2.23. The lowest BCUT2D eigenvalue weighted by atomic mass is 9.98. The number of hydrogen-bond acceptors (Lipinski definition) is 4. The molecule has 1 spiro atoms. The third-order valence-corrected chi connectivity index (χ3v) is 5.60. The van der Waals surface area contributed by atoms with Gasteiger partial charge in [-0.3, -0.25) is 0 Å². The number of thioether (sulfide) groups is 1. The molecule has 2 nitrogen and oxygen atoms in total. The first-order valence-electron chi connectivity index (χ1n) is 5.80. The Morgan fingerprint density at radius 1 is 0.889 bits per heavy atom. The van der Waals surface area contributed by atoms with Gasteiger partial charge in [0, 0.05) is 20.9 Å². The van der Waals surface area contributed by atoms with Crippen molar-refractivity contribution in [1.82, 2.24) is 0 Å². The Morgan fingerprint density at radius 2 is 1.50 bits per heavy atom. The van der Waals surface area contributed by atoms with Crippen molar-refractivity contribution in [3.8, 4) is 0 Å². The second kappa shape index (κ2) is 3.87. The molecule has 0 aliphatic carbocycles. The molecule has 2 aliphatic rings. The van der Waals surface area contributed by atoms with E-state index in [2.05, 4.69) is 58.8 Å². The van der Waals surface area contributed by atoms with Gasteiger partial charge in [0.05, 0.1) is 0 Å². The molecule has 0 saturated heterocycles. The van der Waals surface area contributed by atoms with Crippen molar-refractivity contribution < 1.29 is 0 Å². The summed E-state index contributed by atoms with van der Waals surface area (Å²) >= 11 is 3.63. The Morgan fingerprint density at radius 3 is 2.06 bits per heavy atom. The quantitative estimate of drug-likeness (QED) is 0.703. The molecule has 4 heteroatoms. The molecule has 0 saturated carbocycles. The fraction of sp³-hybridized carbons (Fsp3) is 0.143. The van der Waals surface area contributed by atoms with Crippen LogP contribution in [0.2, 0.25) is 0 Å². The zero-order chi connectivity index (χ0) is 12.0. The summed E-state index contributed by atoms with van der Waals surface area (Å²) in [6, 6.07) is 17.0. The summed E-state index contributed by atoms with van der Waals surface area (Å²) < 4.78 is 0. The number of fused-ring (bicyclic) bond motifs is 4. The van der Waals surface area contributed by atoms with Gasteiger partial charge in [-0.25, -0.2) is 0 Å². The minimum Gasteiger partial charge on any atom is -0.181 e. The minimum atomic E-state index is -0.307. The summed E-state index contributed by atoms with van der Waals surface area (Å²) in [7, 11) is 0. The molecule has 0 aromatic heterocycles. The lowest BCUT2D eigenvalue weighted by molar-refractivity contribution is 0.717. The Hall–Kier alpha value is -1.26. The van der Waals surface area contributed by atoms with E-state index in [1.807, 2.05) is 11.8 Å². The molecule has 2 heterocycles. The molecule has 88 valence electrons. The Bertz CT molecular complexity index is 606. The average molecular weight is 270 g/mol. The van der Waals surface area contributed by atoms with E-state index in [0.717, 1.165) is 5.88 Å². The van der Waals surface area contributed by atoms with Crippen molar-refractivity contribution in [2.24, 2.45) is 10.2 Å². The molecule has 18 heavy (non-hydrogen) atoms. The second-order valence-electron chi connectivity index (χ2n) is 4.25. The van der Waals surface area contributed by atoms with E-state index in [4.69, 9.17) is 0 Å². The van der Waals surface area contributed by atoms with E-state index in [0.29, 0.717) is 0 Å². The largest absolute Gasteiger partial charge is 0.181 e. The molecule has 0 atom stereocenters. The van der Waals surface area contributed by atoms with Crippen LogP contribution in [0.4, 0.5) is 0 Å². The van der Waals surface area contributed by atoms with E-state index < -0.39 is 0 Å². The van der Waals surface area contributed by atoms with Crippen molar-refractivity contribution in [2.75, 3.05) is 5.88 Å². The Labute approximate surface area is 114 Å².